The van der Waals surface area contributed by atoms with Gasteiger partial charge in [-0.1, -0.05) is 11.8 Å². The van der Waals surface area contributed by atoms with E-state index >= 15 is 0 Å². The standard InChI is InChI=1S/C11H15N5OS/c1-6-7(3-4-17-6)18-10-8-9(14-5-13-8)15-11(12-2)16-10/h5-7H,3-4H2,1-2H3,(H2,12,13,14,15,16). The Kier molecular flexibility index (Phi) is 3.09. The summed E-state index contributed by atoms with van der Waals surface area (Å²) in [6.45, 7) is 2.93. The Morgan fingerprint density at radius 1 is 1.50 bits per heavy atom. The molecule has 3 heterocycles. The second kappa shape index (κ2) is 4.74. The summed E-state index contributed by atoms with van der Waals surface area (Å²) in [5.41, 5.74) is 1.60. The summed E-state index contributed by atoms with van der Waals surface area (Å²) in [5.74, 6) is 0.601. The number of nitrogens with zero attached hydrogens (tertiary/aromatic N) is 3. The quantitative estimate of drug-likeness (QED) is 0.822. The molecule has 2 N–H and O–H groups in total. The van der Waals surface area contributed by atoms with Crippen molar-refractivity contribution in [2.24, 2.45) is 0 Å². The number of rotatable bonds is 3. The zero-order chi connectivity index (χ0) is 12.5. The molecule has 96 valence electrons. The molecule has 0 amide bonds. The minimum atomic E-state index is 0.265. The first-order chi connectivity index (χ1) is 8.78. The van der Waals surface area contributed by atoms with E-state index in [1.807, 2.05) is 7.05 Å². The maximum absolute atomic E-state index is 5.58. The van der Waals surface area contributed by atoms with Gasteiger partial charge in [0.1, 0.15) is 10.5 Å². The lowest BCUT2D eigenvalue weighted by molar-refractivity contribution is 0.127. The fourth-order valence-electron chi connectivity index (χ4n) is 2.01. The van der Waals surface area contributed by atoms with Gasteiger partial charge < -0.3 is 15.0 Å². The highest BCUT2D eigenvalue weighted by molar-refractivity contribution is 8.00. The molecule has 2 aromatic heterocycles. The van der Waals surface area contributed by atoms with Crippen molar-refractivity contribution < 1.29 is 4.74 Å². The van der Waals surface area contributed by atoms with Gasteiger partial charge in [0.05, 0.1) is 12.4 Å². The molecule has 0 radical (unpaired) electrons. The molecule has 18 heavy (non-hydrogen) atoms. The minimum Gasteiger partial charge on any atom is -0.377 e. The molecule has 0 aromatic carbocycles. The molecule has 6 nitrogen and oxygen atoms in total. The van der Waals surface area contributed by atoms with E-state index in [1.165, 1.54) is 0 Å². The number of ether oxygens (including phenoxy) is 1. The molecule has 1 aliphatic heterocycles. The van der Waals surface area contributed by atoms with Crippen LogP contribution in [0.15, 0.2) is 11.4 Å². The first-order valence-electron chi connectivity index (χ1n) is 5.95. The van der Waals surface area contributed by atoms with E-state index in [1.54, 1.807) is 18.1 Å². The van der Waals surface area contributed by atoms with Crippen LogP contribution in [0.1, 0.15) is 13.3 Å². The molecule has 0 spiro atoms. The van der Waals surface area contributed by atoms with Crippen molar-refractivity contribution in [2.45, 2.75) is 29.7 Å². The van der Waals surface area contributed by atoms with Gasteiger partial charge in [-0.15, -0.1) is 0 Å². The Hall–Kier alpha value is -1.34. The van der Waals surface area contributed by atoms with Crippen molar-refractivity contribution in [2.75, 3.05) is 19.0 Å². The van der Waals surface area contributed by atoms with Gasteiger partial charge in [-0.25, -0.2) is 9.97 Å². The number of aromatic amines is 1. The summed E-state index contributed by atoms with van der Waals surface area (Å²) in [6.07, 6.45) is 2.97. The smallest absolute Gasteiger partial charge is 0.225 e. The molecule has 1 saturated heterocycles. The second-order valence-corrected chi connectivity index (χ2v) is 5.45. The third-order valence-corrected chi connectivity index (χ3v) is 4.49. The fourth-order valence-corrected chi connectivity index (χ4v) is 3.19. The SMILES string of the molecule is CNc1nc(SC2CCOC2C)c2[nH]cnc2n1. The van der Waals surface area contributed by atoms with Gasteiger partial charge in [0, 0.05) is 18.9 Å². The largest absolute Gasteiger partial charge is 0.377 e. The van der Waals surface area contributed by atoms with E-state index in [9.17, 15) is 0 Å². The molecule has 2 aromatic rings. The van der Waals surface area contributed by atoms with E-state index in [0.717, 1.165) is 23.6 Å². The van der Waals surface area contributed by atoms with E-state index in [-0.39, 0.29) is 6.10 Å². The lowest BCUT2D eigenvalue weighted by atomic mass is 10.3. The van der Waals surface area contributed by atoms with Crippen molar-refractivity contribution in [3.8, 4) is 0 Å². The molecule has 3 rings (SSSR count). The van der Waals surface area contributed by atoms with Crippen LogP contribution in [-0.2, 0) is 4.74 Å². The van der Waals surface area contributed by atoms with Crippen molar-refractivity contribution in [3.63, 3.8) is 0 Å². The zero-order valence-corrected chi connectivity index (χ0v) is 11.1. The molecule has 1 aliphatic rings. The first kappa shape index (κ1) is 11.7. The normalized spacial score (nSPS) is 23.7. The van der Waals surface area contributed by atoms with Crippen LogP contribution in [0.2, 0.25) is 0 Å². The predicted molar refractivity (Wildman–Crippen MR) is 70.9 cm³/mol. The Balaban J connectivity index is 1.96. The summed E-state index contributed by atoms with van der Waals surface area (Å²) in [6, 6.07) is 0. The van der Waals surface area contributed by atoms with Gasteiger partial charge in [-0.05, 0) is 13.3 Å². The molecular weight excluding hydrogens is 250 g/mol. The molecule has 0 saturated carbocycles. The summed E-state index contributed by atoms with van der Waals surface area (Å²) >= 11 is 1.74. The first-order valence-corrected chi connectivity index (χ1v) is 6.83. The Bertz CT molecular complexity index is 557. The number of anilines is 1. The monoisotopic (exact) mass is 265 g/mol. The lowest BCUT2D eigenvalue weighted by Gasteiger charge is -2.13. The van der Waals surface area contributed by atoms with E-state index in [4.69, 9.17) is 4.74 Å². The second-order valence-electron chi connectivity index (χ2n) is 4.22. The van der Waals surface area contributed by atoms with Crippen molar-refractivity contribution >= 4 is 28.9 Å². The van der Waals surface area contributed by atoms with Crippen LogP contribution in [0.3, 0.4) is 0 Å². The molecule has 0 aliphatic carbocycles. The number of aromatic nitrogens is 4. The molecule has 0 bridgehead atoms. The summed E-state index contributed by atoms with van der Waals surface area (Å²) in [7, 11) is 1.81. The fraction of sp³-hybridized carbons (Fsp3) is 0.545. The van der Waals surface area contributed by atoms with Crippen LogP contribution < -0.4 is 5.32 Å². The number of fused-ring (bicyclic) bond motifs is 1. The highest BCUT2D eigenvalue weighted by Gasteiger charge is 2.27. The number of imidazole rings is 1. The maximum atomic E-state index is 5.58. The Labute approximate surface area is 109 Å². The highest BCUT2D eigenvalue weighted by Crippen LogP contribution is 2.34. The van der Waals surface area contributed by atoms with E-state index < -0.39 is 0 Å². The summed E-state index contributed by atoms with van der Waals surface area (Å²) in [5, 5.41) is 4.34. The van der Waals surface area contributed by atoms with E-state index in [2.05, 4.69) is 32.2 Å². The minimum absolute atomic E-state index is 0.265. The van der Waals surface area contributed by atoms with Crippen LogP contribution in [0.5, 0.6) is 0 Å². The topological polar surface area (TPSA) is 75.7 Å². The van der Waals surface area contributed by atoms with Crippen LogP contribution in [0.4, 0.5) is 5.95 Å². The van der Waals surface area contributed by atoms with Gasteiger partial charge in [-0.2, -0.15) is 4.98 Å². The number of nitrogens with one attached hydrogen (secondary N) is 2. The van der Waals surface area contributed by atoms with Crippen molar-refractivity contribution in [3.05, 3.63) is 6.33 Å². The third kappa shape index (κ3) is 2.04. The Morgan fingerprint density at radius 2 is 2.39 bits per heavy atom. The average molecular weight is 265 g/mol. The van der Waals surface area contributed by atoms with Crippen LogP contribution >= 0.6 is 11.8 Å². The predicted octanol–water partition coefficient (Wildman–Crippen LogP) is 1.66. The Morgan fingerprint density at radius 3 is 3.11 bits per heavy atom. The van der Waals surface area contributed by atoms with Crippen molar-refractivity contribution in [1.29, 1.82) is 0 Å². The number of H-pyrrole nitrogens is 1. The average Bonchev–Trinajstić information content (AvgIpc) is 2.98. The maximum Gasteiger partial charge on any atom is 0.225 e. The highest BCUT2D eigenvalue weighted by atomic mass is 32.2. The van der Waals surface area contributed by atoms with Crippen LogP contribution in [0, 0.1) is 0 Å². The molecule has 2 atom stereocenters. The molecule has 7 heteroatoms. The summed E-state index contributed by atoms with van der Waals surface area (Å²) < 4.78 is 5.58. The zero-order valence-electron chi connectivity index (χ0n) is 10.3. The van der Waals surface area contributed by atoms with Crippen LogP contribution in [0.25, 0.3) is 11.2 Å². The third-order valence-electron chi connectivity index (χ3n) is 3.05. The van der Waals surface area contributed by atoms with Gasteiger partial charge in [0.25, 0.3) is 0 Å². The van der Waals surface area contributed by atoms with Crippen molar-refractivity contribution in [1.82, 2.24) is 19.9 Å². The number of hydrogen-bond donors (Lipinski definition) is 2. The van der Waals surface area contributed by atoms with Gasteiger partial charge in [0.2, 0.25) is 5.95 Å². The molecule has 2 unspecified atom stereocenters. The number of hydrogen-bond acceptors (Lipinski definition) is 6. The lowest BCUT2D eigenvalue weighted by Crippen LogP contribution is -2.13. The van der Waals surface area contributed by atoms with Gasteiger partial charge >= 0.3 is 0 Å². The van der Waals surface area contributed by atoms with Crippen LogP contribution in [-0.4, -0.2) is 44.9 Å². The van der Waals surface area contributed by atoms with Gasteiger partial charge in [-0.3, -0.25) is 0 Å². The van der Waals surface area contributed by atoms with Gasteiger partial charge in [0.15, 0.2) is 5.65 Å². The molecular formula is C11H15N5OS. The summed E-state index contributed by atoms with van der Waals surface area (Å²) in [4.78, 5) is 16.1. The number of thioether (sulfide) groups is 1. The molecule has 1 fully saturated rings. The van der Waals surface area contributed by atoms with E-state index in [0.29, 0.717) is 16.8 Å².